The Balaban J connectivity index is 2.43. The van der Waals surface area contributed by atoms with E-state index in [4.69, 9.17) is 5.11 Å². The predicted octanol–water partition coefficient (Wildman–Crippen LogP) is 1.56. The van der Waals surface area contributed by atoms with Gasteiger partial charge in [0.2, 0.25) is 0 Å². The third-order valence-corrected chi connectivity index (χ3v) is 2.49. The first-order valence-electron chi connectivity index (χ1n) is 4.37. The number of aryl methyl sites for hydroxylation is 1. The summed E-state index contributed by atoms with van der Waals surface area (Å²) in [4.78, 5) is 10.7. The van der Waals surface area contributed by atoms with E-state index in [2.05, 4.69) is 5.32 Å². The molecule has 0 fully saturated rings. The normalized spacial score (nSPS) is 18.9. The molecule has 0 unspecified atom stereocenters. The second-order valence-electron chi connectivity index (χ2n) is 3.46. The molecule has 0 aromatic heterocycles. The molecule has 1 aromatic carbocycles. The molecule has 0 saturated heterocycles. The van der Waals surface area contributed by atoms with Crippen molar-refractivity contribution in [3.05, 3.63) is 29.1 Å². The quantitative estimate of drug-likeness (QED) is 0.714. The van der Waals surface area contributed by atoms with Gasteiger partial charge in [-0.15, -0.1) is 0 Å². The molecule has 1 aromatic rings. The summed E-state index contributed by atoms with van der Waals surface area (Å²) < 4.78 is 13.3. The average molecular weight is 195 g/mol. The Bertz CT molecular complexity index is 372. The molecule has 0 aliphatic carbocycles. The average Bonchev–Trinajstić information content (AvgIpc) is 2.57. The minimum atomic E-state index is -0.944. The molecule has 1 aliphatic rings. The van der Waals surface area contributed by atoms with Crippen LogP contribution < -0.4 is 5.32 Å². The Labute approximate surface area is 80.6 Å². The Morgan fingerprint density at radius 1 is 1.64 bits per heavy atom. The summed E-state index contributed by atoms with van der Waals surface area (Å²) >= 11 is 0. The van der Waals surface area contributed by atoms with Gasteiger partial charge in [0, 0.05) is 17.7 Å². The SMILES string of the molecule is Cc1ccc(F)c2c1N[C@@H](C(=O)O)C2. The standard InChI is InChI=1S/C10H10FNO2/c1-5-2-3-7(11)6-4-8(10(13)14)12-9(5)6/h2-3,8,12H,4H2,1H3,(H,13,14)/t8-/m1/s1. The first kappa shape index (κ1) is 8.99. The van der Waals surface area contributed by atoms with Crippen molar-refractivity contribution in [2.24, 2.45) is 0 Å². The molecule has 0 bridgehead atoms. The maximum absolute atomic E-state index is 13.3. The van der Waals surface area contributed by atoms with E-state index < -0.39 is 12.0 Å². The Kier molecular flexibility index (Phi) is 1.91. The number of hydrogen-bond acceptors (Lipinski definition) is 2. The van der Waals surface area contributed by atoms with Crippen molar-refractivity contribution in [2.45, 2.75) is 19.4 Å². The Morgan fingerprint density at radius 3 is 2.93 bits per heavy atom. The number of nitrogens with one attached hydrogen (secondary N) is 1. The van der Waals surface area contributed by atoms with E-state index in [0.717, 1.165) is 5.56 Å². The molecule has 1 heterocycles. The highest BCUT2D eigenvalue weighted by Crippen LogP contribution is 2.31. The highest BCUT2D eigenvalue weighted by Gasteiger charge is 2.29. The van der Waals surface area contributed by atoms with Crippen LogP contribution in [0, 0.1) is 12.7 Å². The van der Waals surface area contributed by atoms with E-state index in [9.17, 15) is 9.18 Å². The molecule has 0 spiro atoms. The minimum Gasteiger partial charge on any atom is -0.480 e. The van der Waals surface area contributed by atoms with Crippen molar-refractivity contribution < 1.29 is 14.3 Å². The minimum absolute atomic E-state index is 0.220. The van der Waals surface area contributed by atoms with Crippen LogP contribution in [0.25, 0.3) is 0 Å². The number of anilines is 1. The van der Waals surface area contributed by atoms with Gasteiger partial charge in [-0.1, -0.05) is 6.07 Å². The molecule has 4 heteroatoms. The topological polar surface area (TPSA) is 49.3 Å². The van der Waals surface area contributed by atoms with Crippen LogP contribution in [-0.2, 0) is 11.2 Å². The largest absolute Gasteiger partial charge is 0.480 e. The molecule has 1 aliphatic heterocycles. The van der Waals surface area contributed by atoms with Crippen molar-refractivity contribution >= 4 is 11.7 Å². The van der Waals surface area contributed by atoms with Gasteiger partial charge in [0.05, 0.1) is 0 Å². The summed E-state index contributed by atoms with van der Waals surface area (Å²) in [6.07, 6.45) is 0.220. The lowest BCUT2D eigenvalue weighted by Gasteiger charge is -2.06. The number of aliphatic carboxylic acids is 1. The van der Waals surface area contributed by atoms with Crippen molar-refractivity contribution in [3.8, 4) is 0 Å². The summed E-state index contributed by atoms with van der Waals surface area (Å²) in [7, 11) is 0. The van der Waals surface area contributed by atoms with Crippen LogP contribution in [0.5, 0.6) is 0 Å². The van der Waals surface area contributed by atoms with Gasteiger partial charge < -0.3 is 10.4 Å². The second kappa shape index (κ2) is 2.97. The zero-order valence-electron chi connectivity index (χ0n) is 7.67. The summed E-state index contributed by atoms with van der Waals surface area (Å²) in [6, 6.07) is 2.33. The molecule has 0 radical (unpaired) electrons. The van der Waals surface area contributed by atoms with Crippen LogP contribution in [0.3, 0.4) is 0 Å². The van der Waals surface area contributed by atoms with Gasteiger partial charge in [0.15, 0.2) is 0 Å². The highest BCUT2D eigenvalue weighted by atomic mass is 19.1. The van der Waals surface area contributed by atoms with E-state index in [1.807, 2.05) is 6.92 Å². The number of hydrogen-bond donors (Lipinski definition) is 2. The molecule has 0 amide bonds. The maximum Gasteiger partial charge on any atom is 0.326 e. The number of carboxylic acids is 1. The van der Waals surface area contributed by atoms with Gasteiger partial charge in [0.25, 0.3) is 0 Å². The lowest BCUT2D eigenvalue weighted by Crippen LogP contribution is -2.26. The van der Waals surface area contributed by atoms with Crippen LogP contribution in [0.2, 0.25) is 0 Å². The van der Waals surface area contributed by atoms with E-state index in [1.54, 1.807) is 6.07 Å². The van der Waals surface area contributed by atoms with E-state index in [-0.39, 0.29) is 12.2 Å². The molecule has 1 atom stereocenters. The van der Waals surface area contributed by atoms with Gasteiger partial charge in [-0.2, -0.15) is 0 Å². The van der Waals surface area contributed by atoms with Crippen LogP contribution in [0.4, 0.5) is 10.1 Å². The fourth-order valence-electron chi connectivity index (χ4n) is 1.72. The van der Waals surface area contributed by atoms with Gasteiger partial charge in [-0.05, 0) is 18.6 Å². The lowest BCUT2D eigenvalue weighted by molar-refractivity contribution is -0.137. The molecular weight excluding hydrogens is 185 g/mol. The second-order valence-corrected chi connectivity index (χ2v) is 3.46. The van der Waals surface area contributed by atoms with Crippen LogP contribution in [0.1, 0.15) is 11.1 Å². The summed E-state index contributed by atoms with van der Waals surface area (Å²) in [6.45, 7) is 1.83. The third-order valence-electron chi connectivity index (χ3n) is 2.49. The molecule has 3 nitrogen and oxygen atoms in total. The van der Waals surface area contributed by atoms with Gasteiger partial charge in [-0.25, -0.2) is 9.18 Å². The fraction of sp³-hybridized carbons (Fsp3) is 0.300. The lowest BCUT2D eigenvalue weighted by atomic mass is 10.1. The Morgan fingerprint density at radius 2 is 2.36 bits per heavy atom. The number of halogens is 1. The molecule has 0 saturated carbocycles. The van der Waals surface area contributed by atoms with E-state index in [0.29, 0.717) is 11.3 Å². The fourth-order valence-corrected chi connectivity index (χ4v) is 1.72. The van der Waals surface area contributed by atoms with Crippen LogP contribution in [-0.4, -0.2) is 17.1 Å². The molecular formula is C10H10FNO2. The molecule has 74 valence electrons. The predicted molar refractivity (Wildman–Crippen MR) is 49.9 cm³/mol. The summed E-state index contributed by atoms with van der Waals surface area (Å²) in [5, 5.41) is 11.6. The van der Waals surface area contributed by atoms with Gasteiger partial charge >= 0.3 is 5.97 Å². The molecule has 14 heavy (non-hydrogen) atoms. The monoisotopic (exact) mass is 195 g/mol. The zero-order chi connectivity index (χ0) is 10.3. The van der Waals surface area contributed by atoms with E-state index in [1.165, 1.54) is 6.07 Å². The highest BCUT2D eigenvalue weighted by molar-refractivity contribution is 5.82. The summed E-state index contributed by atoms with van der Waals surface area (Å²) in [5.41, 5.74) is 2.00. The first-order valence-corrected chi connectivity index (χ1v) is 4.37. The smallest absolute Gasteiger partial charge is 0.326 e. The third kappa shape index (κ3) is 1.23. The molecule has 2 rings (SSSR count). The van der Waals surface area contributed by atoms with Crippen LogP contribution in [0.15, 0.2) is 12.1 Å². The maximum atomic E-state index is 13.3. The zero-order valence-corrected chi connectivity index (χ0v) is 7.67. The molecule has 2 N–H and O–H groups in total. The van der Waals surface area contributed by atoms with Gasteiger partial charge in [-0.3, -0.25) is 0 Å². The van der Waals surface area contributed by atoms with Crippen molar-refractivity contribution in [2.75, 3.05) is 5.32 Å². The number of carboxylic acid groups (broad SMARTS) is 1. The Hall–Kier alpha value is -1.58. The van der Waals surface area contributed by atoms with Crippen LogP contribution >= 0.6 is 0 Å². The number of carbonyl (C=O) groups is 1. The van der Waals surface area contributed by atoms with Crippen molar-refractivity contribution in [1.29, 1.82) is 0 Å². The van der Waals surface area contributed by atoms with Gasteiger partial charge in [0.1, 0.15) is 11.9 Å². The number of benzene rings is 1. The van der Waals surface area contributed by atoms with Crippen molar-refractivity contribution in [1.82, 2.24) is 0 Å². The number of fused-ring (bicyclic) bond motifs is 1. The number of rotatable bonds is 1. The van der Waals surface area contributed by atoms with E-state index >= 15 is 0 Å². The summed E-state index contributed by atoms with van der Waals surface area (Å²) in [5.74, 6) is -1.28. The first-order chi connectivity index (χ1) is 6.59. The van der Waals surface area contributed by atoms with Crippen molar-refractivity contribution in [3.63, 3.8) is 0 Å².